The van der Waals surface area contributed by atoms with Crippen molar-refractivity contribution in [3.63, 3.8) is 0 Å². The van der Waals surface area contributed by atoms with Gasteiger partial charge in [-0.1, -0.05) is 30.0 Å². The van der Waals surface area contributed by atoms with Crippen LogP contribution in [0.25, 0.3) is 11.3 Å². The van der Waals surface area contributed by atoms with E-state index >= 15 is 0 Å². The van der Waals surface area contributed by atoms with Gasteiger partial charge in [-0.25, -0.2) is 9.78 Å². The van der Waals surface area contributed by atoms with Gasteiger partial charge in [0, 0.05) is 29.1 Å². The van der Waals surface area contributed by atoms with Crippen molar-refractivity contribution >= 4 is 11.9 Å². The van der Waals surface area contributed by atoms with Crippen LogP contribution in [0.1, 0.15) is 16.7 Å². The first kappa shape index (κ1) is 21.6. The lowest BCUT2D eigenvalue weighted by molar-refractivity contribution is 0.215. The molecule has 0 fully saturated rings. The number of benzene rings is 2. The van der Waals surface area contributed by atoms with E-state index in [4.69, 9.17) is 9.47 Å². The second kappa shape index (κ2) is 10.1. The molecule has 0 radical (unpaired) electrons. The van der Waals surface area contributed by atoms with Crippen LogP contribution >= 0.6 is 0 Å². The number of nitrogens with one attached hydrogen (secondary N) is 1. The Balaban J connectivity index is 1.46. The second-order valence-corrected chi connectivity index (χ2v) is 7.12. The minimum atomic E-state index is -0.617. The molecular formula is C27H21N3O3. The molecule has 2 aromatic carbocycles. The van der Waals surface area contributed by atoms with E-state index in [0.29, 0.717) is 17.3 Å². The largest absolute Gasteiger partial charge is 0.497 e. The summed E-state index contributed by atoms with van der Waals surface area (Å²) in [5, 5.41) is 2.72. The number of carbonyl (C=O) groups is 1. The van der Waals surface area contributed by atoms with Crippen LogP contribution in [0.15, 0.2) is 85.2 Å². The van der Waals surface area contributed by atoms with E-state index in [1.807, 2.05) is 55.5 Å². The van der Waals surface area contributed by atoms with Gasteiger partial charge in [0.2, 0.25) is 0 Å². The fourth-order valence-electron chi connectivity index (χ4n) is 2.99. The number of nitrogens with zero attached hydrogens (tertiary/aromatic N) is 2. The number of amides is 1. The van der Waals surface area contributed by atoms with Gasteiger partial charge < -0.3 is 9.47 Å². The lowest BCUT2D eigenvalue weighted by Crippen LogP contribution is -2.18. The Morgan fingerprint density at radius 3 is 2.30 bits per heavy atom. The molecule has 0 aliphatic rings. The highest BCUT2D eigenvalue weighted by Gasteiger charge is 2.10. The molecule has 0 spiro atoms. The summed E-state index contributed by atoms with van der Waals surface area (Å²) in [6, 6.07) is 22.1. The van der Waals surface area contributed by atoms with Gasteiger partial charge in [0.05, 0.1) is 12.8 Å². The summed E-state index contributed by atoms with van der Waals surface area (Å²) in [5.41, 5.74) is 4.21. The van der Waals surface area contributed by atoms with E-state index in [-0.39, 0.29) is 0 Å². The summed E-state index contributed by atoms with van der Waals surface area (Å²) >= 11 is 0. The van der Waals surface area contributed by atoms with Crippen LogP contribution in [0.4, 0.5) is 10.6 Å². The van der Waals surface area contributed by atoms with Gasteiger partial charge in [-0.15, -0.1) is 0 Å². The van der Waals surface area contributed by atoms with Gasteiger partial charge in [0.25, 0.3) is 0 Å². The van der Waals surface area contributed by atoms with E-state index < -0.39 is 6.09 Å². The SMILES string of the molecule is COc1ccc(OC(=O)Nc2nc(-c3ccc(C#Cc4cccnc4)cc3)ccc2C)cc1. The van der Waals surface area contributed by atoms with Crippen molar-refractivity contribution in [2.45, 2.75) is 6.92 Å². The molecule has 162 valence electrons. The molecule has 0 saturated heterocycles. The number of hydrogen-bond acceptors (Lipinski definition) is 5. The molecule has 0 aliphatic heterocycles. The Morgan fingerprint density at radius 1 is 0.879 bits per heavy atom. The van der Waals surface area contributed by atoms with Crippen LogP contribution in [0.2, 0.25) is 0 Å². The summed E-state index contributed by atoms with van der Waals surface area (Å²) < 4.78 is 10.4. The Kier molecular flexibility index (Phi) is 6.62. The standard InChI is InChI=1S/C27H21N3O3/c1-19-5-16-25(22-10-8-20(9-11-22)6-7-21-4-3-17-28-18-21)29-26(19)30-27(31)33-24-14-12-23(32-2)13-15-24/h3-5,8-18H,1-2H3,(H,29,30,31). The molecule has 0 saturated carbocycles. The predicted molar refractivity (Wildman–Crippen MR) is 127 cm³/mol. The number of pyridine rings is 2. The summed E-state index contributed by atoms with van der Waals surface area (Å²) in [4.78, 5) is 21.0. The quantitative estimate of drug-likeness (QED) is 0.430. The molecule has 0 aliphatic carbocycles. The van der Waals surface area contributed by atoms with Crippen LogP contribution in [-0.2, 0) is 0 Å². The Morgan fingerprint density at radius 2 is 1.61 bits per heavy atom. The first-order valence-corrected chi connectivity index (χ1v) is 10.2. The lowest BCUT2D eigenvalue weighted by Gasteiger charge is -2.10. The maximum atomic E-state index is 12.3. The molecule has 6 nitrogen and oxygen atoms in total. The zero-order chi connectivity index (χ0) is 23.0. The van der Waals surface area contributed by atoms with Crippen LogP contribution in [0, 0.1) is 18.8 Å². The number of ether oxygens (including phenoxy) is 2. The Bertz CT molecular complexity index is 1310. The fraction of sp³-hybridized carbons (Fsp3) is 0.0741. The number of hydrogen-bond donors (Lipinski definition) is 1. The number of carbonyl (C=O) groups excluding carboxylic acids is 1. The van der Waals surface area contributed by atoms with Crippen molar-refractivity contribution in [2.24, 2.45) is 0 Å². The molecule has 0 unspecified atom stereocenters. The predicted octanol–water partition coefficient (Wildman–Crippen LogP) is 5.47. The maximum absolute atomic E-state index is 12.3. The van der Waals surface area contributed by atoms with Crippen LogP contribution in [0.5, 0.6) is 11.5 Å². The van der Waals surface area contributed by atoms with Crippen molar-refractivity contribution in [1.29, 1.82) is 0 Å². The summed E-state index contributed by atoms with van der Waals surface area (Å²) in [7, 11) is 1.58. The Hall–Kier alpha value is -4.63. The van der Waals surface area contributed by atoms with E-state index in [2.05, 4.69) is 27.1 Å². The summed E-state index contributed by atoms with van der Waals surface area (Å²) in [6.45, 7) is 1.87. The molecule has 0 atom stereocenters. The average Bonchev–Trinajstić information content (AvgIpc) is 2.85. The lowest BCUT2D eigenvalue weighted by atomic mass is 10.1. The second-order valence-electron chi connectivity index (χ2n) is 7.12. The number of anilines is 1. The van der Waals surface area contributed by atoms with E-state index in [1.165, 1.54) is 0 Å². The van der Waals surface area contributed by atoms with Crippen LogP contribution in [0.3, 0.4) is 0 Å². The number of methoxy groups -OCH3 is 1. The van der Waals surface area contributed by atoms with Crippen molar-refractivity contribution in [1.82, 2.24) is 9.97 Å². The first-order valence-electron chi connectivity index (χ1n) is 10.2. The van der Waals surface area contributed by atoms with Gasteiger partial charge in [0.1, 0.15) is 17.3 Å². The molecule has 0 bridgehead atoms. The maximum Gasteiger partial charge on any atom is 0.418 e. The summed E-state index contributed by atoms with van der Waals surface area (Å²) in [5.74, 6) is 7.74. The van der Waals surface area contributed by atoms with Crippen molar-refractivity contribution in [2.75, 3.05) is 12.4 Å². The molecule has 2 aromatic heterocycles. The molecule has 6 heteroatoms. The fourth-order valence-corrected chi connectivity index (χ4v) is 2.99. The van der Waals surface area contributed by atoms with Gasteiger partial charge >= 0.3 is 6.09 Å². The van der Waals surface area contributed by atoms with Crippen LogP contribution < -0.4 is 14.8 Å². The minimum absolute atomic E-state index is 0.407. The first-order chi connectivity index (χ1) is 16.1. The van der Waals surface area contributed by atoms with E-state index in [9.17, 15) is 4.79 Å². The third-order valence-electron chi connectivity index (χ3n) is 4.78. The summed E-state index contributed by atoms with van der Waals surface area (Å²) in [6.07, 6.45) is 2.83. The van der Waals surface area contributed by atoms with E-state index in [0.717, 1.165) is 27.9 Å². The monoisotopic (exact) mass is 435 g/mol. The smallest absolute Gasteiger partial charge is 0.418 e. The highest BCUT2D eigenvalue weighted by molar-refractivity contribution is 5.86. The van der Waals surface area contributed by atoms with Gasteiger partial charge in [-0.3, -0.25) is 10.3 Å². The molecule has 2 heterocycles. The highest BCUT2D eigenvalue weighted by atomic mass is 16.6. The third-order valence-corrected chi connectivity index (χ3v) is 4.78. The highest BCUT2D eigenvalue weighted by Crippen LogP contribution is 2.23. The Labute approximate surface area is 192 Å². The molecule has 4 aromatic rings. The normalized spacial score (nSPS) is 10.0. The molecule has 4 rings (SSSR count). The zero-order valence-corrected chi connectivity index (χ0v) is 18.2. The van der Waals surface area contributed by atoms with Crippen molar-refractivity contribution in [3.05, 3.63) is 102 Å². The van der Waals surface area contributed by atoms with Crippen molar-refractivity contribution < 1.29 is 14.3 Å². The molecule has 33 heavy (non-hydrogen) atoms. The zero-order valence-electron chi connectivity index (χ0n) is 18.2. The molecule has 1 N–H and O–H groups in total. The van der Waals surface area contributed by atoms with Gasteiger partial charge in [-0.2, -0.15) is 0 Å². The topological polar surface area (TPSA) is 73.3 Å². The third kappa shape index (κ3) is 5.75. The minimum Gasteiger partial charge on any atom is -0.497 e. The average molecular weight is 435 g/mol. The van der Waals surface area contributed by atoms with Crippen molar-refractivity contribution in [3.8, 4) is 34.6 Å². The van der Waals surface area contributed by atoms with Gasteiger partial charge in [-0.05, 0) is 67.1 Å². The van der Waals surface area contributed by atoms with Gasteiger partial charge in [0.15, 0.2) is 0 Å². The molecule has 1 amide bonds. The van der Waals surface area contributed by atoms with E-state index in [1.54, 1.807) is 43.8 Å². The molecular weight excluding hydrogens is 414 g/mol. The van der Waals surface area contributed by atoms with Crippen LogP contribution in [-0.4, -0.2) is 23.2 Å². The number of rotatable bonds is 4. The number of aryl methyl sites for hydroxylation is 1. The number of aromatic nitrogens is 2.